The largest absolute Gasteiger partial charge is 0.409 e. The van der Waals surface area contributed by atoms with E-state index in [1.807, 2.05) is 13.8 Å². The Hall–Kier alpha value is -0.810. The Kier molecular flexibility index (Phi) is 8.04. The molecule has 0 aromatic carbocycles. The number of unbranched alkanes of at least 4 members (excludes halogenated alkanes) is 1. The van der Waals surface area contributed by atoms with Gasteiger partial charge < -0.3 is 16.3 Å². The molecule has 5 nitrogen and oxygen atoms in total. The van der Waals surface area contributed by atoms with Crippen molar-refractivity contribution in [2.75, 3.05) is 26.2 Å². The molecular weight excluding hydrogens is 264 g/mol. The standard InChI is InChI=1S/C16H34N4O/c1-14(20-11-7-4-8-12-20)13-18-10-6-5-9-16(2,3)15(17)19-21/h14,18,21H,4-13H2,1-3H3,(H2,17,19). The topological polar surface area (TPSA) is 73.9 Å². The van der Waals surface area contributed by atoms with Gasteiger partial charge in [-0.3, -0.25) is 4.90 Å². The smallest absolute Gasteiger partial charge is 0.144 e. The molecule has 1 aliphatic rings. The van der Waals surface area contributed by atoms with Crippen LogP contribution in [0, 0.1) is 5.41 Å². The van der Waals surface area contributed by atoms with Crippen LogP contribution >= 0.6 is 0 Å². The van der Waals surface area contributed by atoms with E-state index >= 15 is 0 Å². The summed E-state index contributed by atoms with van der Waals surface area (Å²) in [5.41, 5.74) is 5.48. The number of nitrogens with one attached hydrogen (secondary N) is 1. The first-order chi connectivity index (χ1) is 9.97. The molecule has 1 fully saturated rings. The SMILES string of the molecule is CC(CNCCCCC(C)(C)C(N)=NO)N1CCCCC1. The van der Waals surface area contributed by atoms with E-state index in [9.17, 15) is 0 Å². The molecule has 0 radical (unpaired) electrons. The van der Waals surface area contributed by atoms with Crippen molar-refractivity contribution < 1.29 is 5.21 Å². The zero-order chi connectivity index (χ0) is 15.7. The number of amidine groups is 1. The fourth-order valence-corrected chi connectivity index (χ4v) is 2.88. The van der Waals surface area contributed by atoms with Crippen molar-refractivity contribution in [3.8, 4) is 0 Å². The number of rotatable bonds is 9. The van der Waals surface area contributed by atoms with E-state index in [-0.39, 0.29) is 5.41 Å². The van der Waals surface area contributed by atoms with Crippen molar-refractivity contribution in [3.05, 3.63) is 0 Å². The molecule has 0 aromatic rings. The van der Waals surface area contributed by atoms with Crippen molar-refractivity contribution in [1.82, 2.24) is 10.2 Å². The molecule has 0 bridgehead atoms. The average Bonchev–Trinajstić information content (AvgIpc) is 2.50. The summed E-state index contributed by atoms with van der Waals surface area (Å²) in [6.45, 7) is 11.0. The van der Waals surface area contributed by atoms with Gasteiger partial charge >= 0.3 is 0 Å². The fourth-order valence-electron chi connectivity index (χ4n) is 2.88. The van der Waals surface area contributed by atoms with E-state index in [4.69, 9.17) is 10.9 Å². The van der Waals surface area contributed by atoms with E-state index in [0.29, 0.717) is 11.9 Å². The number of likely N-dealkylation sites (tertiary alicyclic amines) is 1. The van der Waals surface area contributed by atoms with Crippen molar-refractivity contribution in [3.63, 3.8) is 0 Å². The summed E-state index contributed by atoms with van der Waals surface area (Å²) in [5.74, 6) is 0.328. The number of hydrogen-bond acceptors (Lipinski definition) is 4. The average molecular weight is 298 g/mol. The second-order valence-corrected chi connectivity index (χ2v) is 6.98. The highest BCUT2D eigenvalue weighted by Crippen LogP contribution is 2.23. The molecular formula is C16H34N4O. The number of nitrogens with two attached hydrogens (primary N) is 1. The highest BCUT2D eigenvalue weighted by atomic mass is 16.4. The van der Waals surface area contributed by atoms with Gasteiger partial charge in [0.25, 0.3) is 0 Å². The summed E-state index contributed by atoms with van der Waals surface area (Å²) in [7, 11) is 0. The molecule has 0 amide bonds. The molecule has 0 aromatic heterocycles. The maximum atomic E-state index is 8.74. The lowest BCUT2D eigenvalue weighted by Gasteiger charge is -2.32. The number of piperidine rings is 1. The third-order valence-corrected chi connectivity index (χ3v) is 4.66. The lowest BCUT2D eigenvalue weighted by atomic mass is 9.86. The van der Waals surface area contributed by atoms with Crippen LogP contribution in [-0.4, -0.2) is 48.2 Å². The van der Waals surface area contributed by atoms with Crippen molar-refractivity contribution in [2.24, 2.45) is 16.3 Å². The summed E-state index contributed by atoms with van der Waals surface area (Å²) in [5, 5.41) is 15.4. The van der Waals surface area contributed by atoms with Crippen molar-refractivity contribution >= 4 is 5.84 Å². The second-order valence-electron chi connectivity index (χ2n) is 6.98. The Labute approximate surface area is 130 Å². The summed E-state index contributed by atoms with van der Waals surface area (Å²) in [6.07, 6.45) is 7.28. The predicted molar refractivity (Wildman–Crippen MR) is 88.8 cm³/mol. The quantitative estimate of drug-likeness (QED) is 0.201. The summed E-state index contributed by atoms with van der Waals surface area (Å²) < 4.78 is 0. The summed E-state index contributed by atoms with van der Waals surface area (Å²) in [4.78, 5) is 2.60. The van der Waals surface area contributed by atoms with Gasteiger partial charge in [-0.25, -0.2) is 0 Å². The predicted octanol–water partition coefficient (Wildman–Crippen LogP) is 2.39. The molecule has 0 saturated carbocycles. The molecule has 1 saturated heterocycles. The Bertz CT molecular complexity index is 311. The van der Waals surface area contributed by atoms with Crippen LogP contribution in [0.2, 0.25) is 0 Å². The zero-order valence-corrected chi connectivity index (χ0v) is 14.1. The lowest BCUT2D eigenvalue weighted by molar-refractivity contribution is 0.171. The zero-order valence-electron chi connectivity index (χ0n) is 14.1. The minimum absolute atomic E-state index is 0.212. The first-order valence-corrected chi connectivity index (χ1v) is 8.40. The van der Waals surface area contributed by atoms with Gasteiger partial charge in [-0.1, -0.05) is 31.8 Å². The summed E-state index contributed by atoms with van der Waals surface area (Å²) >= 11 is 0. The van der Waals surface area contributed by atoms with Crippen LogP contribution in [0.5, 0.6) is 0 Å². The van der Waals surface area contributed by atoms with E-state index in [1.165, 1.54) is 32.4 Å². The molecule has 1 heterocycles. The third kappa shape index (κ3) is 6.66. The number of oxime groups is 1. The van der Waals surface area contributed by atoms with Crippen LogP contribution in [-0.2, 0) is 0 Å². The first-order valence-electron chi connectivity index (χ1n) is 8.40. The minimum atomic E-state index is -0.212. The Balaban J connectivity index is 2.06. The monoisotopic (exact) mass is 298 g/mol. The highest BCUT2D eigenvalue weighted by Gasteiger charge is 2.22. The molecule has 5 heteroatoms. The van der Waals surface area contributed by atoms with Gasteiger partial charge in [0.15, 0.2) is 0 Å². The molecule has 0 aliphatic carbocycles. The fraction of sp³-hybridized carbons (Fsp3) is 0.938. The third-order valence-electron chi connectivity index (χ3n) is 4.66. The molecule has 1 aliphatic heterocycles. The van der Waals surface area contributed by atoms with E-state index < -0.39 is 0 Å². The molecule has 1 unspecified atom stereocenters. The van der Waals surface area contributed by atoms with Gasteiger partial charge in [0, 0.05) is 18.0 Å². The van der Waals surface area contributed by atoms with E-state index in [1.54, 1.807) is 0 Å². The molecule has 4 N–H and O–H groups in total. The van der Waals surface area contributed by atoms with Gasteiger partial charge in [0.2, 0.25) is 0 Å². The molecule has 1 rings (SSSR count). The Morgan fingerprint density at radius 1 is 1.29 bits per heavy atom. The number of hydrogen-bond donors (Lipinski definition) is 3. The second kappa shape index (κ2) is 9.26. The maximum Gasteiger partial charge on any atom is 0.144 e. The Morgan fingerprint density at radius 3 is 2.57 bits per heavy atom. The lowest BCUT2D eigenvalue weighted by Crippen LogP contribution is -2.43. The van der Waals surface area contributed by atoms with Crippen LogP contribution in [0.1, 0.15) is 59.3 Å². The van der Waals surface area contributed by atoms with Crippen LogP contribution < -0.4 is 11.1 Å². The molecule has 0 spiro atoms. The van der Waals surface area contributed by atoms with Gasteiger partial charge in [-0.2, -0.15) is 0 Å². The Morgan fingerprint density at radius 2 is 1.95 bits per heavy atom. The highest BCUT2D eigenvalue weighted by molar-refractivity contribution is 5.85. The van der Waals surface area contributed by atoms with Crippen molar-refractivity contribution in [2.45, 2.75) is 65.3 Å². The van der Waals surface area contributed by atoms with Crippen LogP contribution in [0.4, 0.5) is 0 Å². The van der Waals surface area contributed by atoms with Crippen LogP contribution in [0.25, 0.3) is 0 Å². The van der Waals surface area contributed by atoms with Gasteiger partial charge in [0.05, 0.1) is 0 Å². The number of nitrogens with zero attached hydrogens (tertiary/aromatic N) is 2. The van der Waals surface area contributed by atoms with Gasteiger partial charge in [0.1, 0.15) is 5.84 Å². The van der Waals surface area contributed by atoms with E-state index in [2.05, 4.69) is 22.3 Å². The van der Waals surface area contributed by atoms with Gasteiger partial charge in [-0.05, 0) is 52.2 Å². The summed E-state index contributed by atoms with van der Waals surface area (Å²) in [6, 6.07) is 0.638. The van der Waals surface area contributed by atoms with Gasteiger partial charge in [-0.15, -0.1) is 0 Å². The molecule has 1 atom stereocenters. The molecule has 124 valence electrons. The maximum absolute atomic E-state index is 8.74. The van der Waals surface area contributed by atoms with Crippen LogP contribution in [0.15, 0.2) is 5.16 Å². The normalized spacial score (nSPS) is 19.7. The first kappa shape index (κ1) is 18.2. The minimum Gasteiger partial charge on any atom is -0.409 e. The van der Waals surface area contributed by atoms with E-state index in [0.717, 1.165) is 32.4 Å². The molecule has 21 heavy (non-hydrogen) atoms. The van der Waals surface area contributed by atoms with Crippen LogP contribution in [0.3, 0.4) is 0 Å². The van der Waals surface area contributed by atoms with Crippen molar-refractivity contribution in [1.29, 1.82) is 0 Å².